The SMILES string of the molecule is CC(C)(C)n1nc2c(c1CN)COC2. The molecule has 0 atom stereocenters. The molecule has 0 aromatic carbocycles. The molecule has 0 saturated heterocycles. The molecular formula is C10H17N3O. The summed E-state index contributed by atoms with van der Waals surface area (Å²) in [5.41, 5.74) is 9.12. The van der Waals surface area contributed by atoms with Gasteiger partial charge < -0.3 is 10.5 Å². The molecule has 4 nitrogen and oxygen atoms in total. The maximum atomic E-state index is 5.75. The van der Waals surface area contributed by atoms with Crippen LogP contribution < -0.4 is 5.73 Å². The third-order valence-corrected chi connectivity index (χ3v) is 2.49. The van der Waals surface area contributed by atoms with E-state index < -0.39 is 0 Å². The summed E-state index contributed by atoms with van der Waals surface area (Å²) in [5.74, 6) is 0. The van der Waals surface area contributed by atoms with Crippen molar-refractivity contribution in [2.24, 2.45) is 5.73 Å². The molecule has 2 N–H and O–H groups in total. The monoisotopic (exact) mass is 195 g/mol. The molecular weight excluding hydrogens is 178 g/mol. The van der Waals surface area contributed by atoms with Crippen molar-refractivity contribution in [3.05, 3.63) is 17.0 Å². The lowest BCUT2D eigenvalue weighted by Crippen LogP contribution is -2.27. The van der Waals surface area contributed by atoms with Crippen molar-refractivity contribution in [1.82, 2.24) is 9.78 Å². The number of nitrogens with two attached hydrogens (primary N) is 1. The Morgan fingerprint density at radius 2 is 2.14 bits per heavy atom. The second-order valence-electron chi connectivity index (χ2n) is 4.65. The van der Waals surface area contributed by atoms with Gasteiger partial charge in [0.15, 0.2) is 0 Å². The van der Waals surface area contributed by atoms with Crippen molar-refractivity contribution in [2.75, 3.05) is 0 Å². The van der Waals surface area contributed by atoms with Crippen LogP contribution in [0.4, 0.5) is 0 Å². The van der Waals surface area contributed by atoms with Crippen molar-refractivity contribution in [3.8, 4) is 0 Å². The highest BCUT2D eigenvalue weighted by Gasteiger charge is 2.26. The summed E-state index contributed by atoms with van der Waals surface area (Å²) in [6.45, 7) is 8.23. The van der Waals surface area contributed by atoms with Crippen molar-refractivity contribution < 1.29 is 4.74 Å². The van der Waals surface area contributed by atoms with E-state index in [0.717, 1.165) is 11.4 Å². The van der Waals surface area contributed by atoms with E-state index in [4.69, 9.17) is 10.5 Å². The van der Waals surface area contributed by atoms with Gasteiger partial charge in [0.2, 0.25) is 0 Å². The summed E-state index contributed by atoms with van der Waals surface area (Å²) < 4.78 is 7.36. The van der Waals surface area contributed by atoms with Crippen LogP contribution in [0.15, 0.2) is 0 Å². The van der Waals surface area contributed by atoms with E-state index in [1.54, 1.807) is 0 Å². The zero-order chi connectivity index (χ0) is 10.3. The third-order valence-electron chi connectivity index (χ3n) is 2.49. The molecule has 0 unspecified atom stereocenters. The predicted molar refractivity (Wildman–Crippen MR) is 53.6 cm³/mol. The summed E-state index contributed by atoms with van der Waals surface area (Å²) in [6.07, 6.45) is 0. The lowest BCUT2D eigenvalue weighted by atomic mass is 10.1. The van der Waals surface area contributed by atoms with Crippen LogP contribution in [-0.2, 0) is 30.0 Å². The molecule has 14 heavy (non-hydrogen) atoms. The predicted octanol–water partition coefficient (Wildman–Crippen LogP) is 1.13. The standard InChI is InChI=1S/C10H17N3O/c1-10(2,3)13-9(4-11)7-5-14-6-8(7)12-13/h4-6,11H2,1-3H3. The quantitative estimate of drug-likeness (QED) is 0.730. The van der Waals surface area contributed by atoms with Gasteiger partial charge in [-0.3, -0.25) is 4.68 Å². The first-order valence-corrected chi connectivity index (χ1v) is 4.92. The molecule has 0 aliphatic carbocycles. The normalized spacial score (nSPS) is 16.0. The highest BCUT2D eigenvalue weighted by atomic mass is 16.5. The van der Waals surface area contributed by atoms with Gasteiger partial charge in [-0.25, -0.2) is 0 Å². The third kappa shape index (κ3) is 1.35. The Balaban J connectivity index is 2.52. The zero-order valence-corrected chi connectivity index (χ0v) is 9.00. The lowest BCUT2D eigenvalue weighted by Gasteiger charge is -2.22. The summed E-state index contributed by atoms with van der Waals surface area (Å²) in [7, 11) is 0. The minimum atomic E-state index is -0.000949. The molecule has 2 rings (SSSR count). The maximum Gasteiger partial charge on any atom is 0.0940 e. The van der Waals surface area contributed by atoms with Gasteiger partial charge in [-0.1, -0.05) is 0 Å². The molecule has 0 fully saturated rings. The van der Waals surface area contributed by atoms with E-state index >= 15 is 0 Å². The first kappa shape index (κ1) is 9.68. The first-order valence-electron chi connectivity index (χ1n) is 4.92. The maximum absolute atomic E-state index is 5.75. The van der Waals surface area contributed by atoms with Gasteiger partial charge in [0.25, 0.3) is 0 Å². The molecule has 0 amide bonds. The van der Waals surface area contributed by atoms with Gasteiger partial charge >= 0.3 is 0 Å². The summed E-state index contributed by atoms with van der Waals surface area (Å²) in [6, 6.07) is 0. The lowest BCUT2D eigenvalue weighted by molar-refractivity contribution is 0.128. The average molecular weight is 195 g/mol. The Bertz CT molecular complexity index is 349. The Hall–Kier alpha value is -0.870. The molecule has 1 aliphatic heterocycles. The fourth-order valence-electron chi connectivity index (χ4n) is 1.83. The van der Waals surface area contributed by atoms with Gasteiger partial charge in [0.05, 0.1) is 30.1 Å². The molecule has 0 saturated carbocycles. The van der Waals surface area contributed by atoms with Crippen molar-refractivity contribution >= 4 is 0 Å². The topological polar surface area (TPSA) is 53.1 Å². The summed E-state index contributed by atoms with van der Waals surface area (Å²) in [4.78, 5) is 0. The fraction of sp³-hybridized carbons (Fsp3) is 0.700. The van der Waals surface area contributed by atoms with Crippen LogP contribution in [0.5, 0.6) is 0 Å². The first-order chi connectivity index (χ1) is 6.54. The Morgan fingerprint density at radius 3 is 2.71 bits per heavy atom. The van der Waals surface area contributed by atoms with Crippen LogP contribution in [0.25, 0.3) is 0 Å². The van der Waals surface area contributed by atoms with Gasteiger partial charge in [0.1, 0.15) is 0 Å². The average Bonchev–Trinajstić information content (AvgIpc) is 2.58. The smallest absolute Gasteiger partial charge is 0.0940 e. The molecule has 4 heteroatoms. The molecule has 0 bridgehead atoms. The number of hydrogen-bond acceptors (Lipinski definition) is 3. The number of aromatic nitrogens is 2. The van der Waals surface area contributed by atoms with Crippen LogP contribution in [0.1, 0.15) is 37.7 Å². The molecule has 2 heterocycles. The fourth-order valence-corrected chi connectivity index (χ4v) is 1.83. The van der Waals surface area contributed by atoms with E-state index in [1.807, 2.05) is 4.68 Å². The number of fused-ring (bicyclic) bond motifs is 1. The van der Waals surface area contributed by atoms with Crippen LogP contribution in [0.2, 0.25) is 0 Å². The van der Waals surface area contributed by atoms with Gasteiger partial charge in [-0.2, -0.15) is 5.10 Å². The molecule has 1 aliphatic rings. The van der Waals surface area contributed by atoms with E-state index in [9.17, 15) is 0 Å². The van der Waals surface area contributed by atoms with E-state index in [-0.39, 0.29) is 5.54 Å². The largest absolute Gasteiger partial charge is 0.370 e. The Kier molecular flexibility index (Phi) is 2.12. The second-order valence-corrected chi connectivity index (χ2v) is 4.65. The van der Waals surface area contributed by atoms with Gasteiger partial charge in [-0.05, 0) is 20.8 Å². The van der Waals surface area contributed by atoms with Crippen molar-refractivity contribution in [2.45, 2.75) is 46.1 Å². The Morgan fingerprint density at radius 1 is 1.43 bits per heavy atom. The van der Waals surface area contributed by atoms with E-state index in [1.165, 1.54) is 5.56 Å². The molecule has 0 spiro atoms. The van der Waals surface area contributed by atoms with Gasteiger partial charge in [-0.15, -0.1) is 0 Å². The zero-order valence-electron chi connectivity index (χ0n) is 9.00. The molecule has 1 aromatic heterocycles. The highest BCUT2D eigenvalue weighted by Crippen LogP contribution is 2.26. The number of nitrogens with zero attached hydrogens (tertiary/aromatic N) is 2. The Labute approximate surface area is 84.0 Å². The minimum absolute atomic E-state index is 0.000949. The molecule has 1 aromatic rings. The number of rotatable bonds is 1. The number of ether oxygens (including phenoxy) is 1. The van der Waals surface area contributed by atoms with Gasteiger partial charge in [0, 0.05) is 12.1 Å². The van der Waals surface area contributed by atoms with Crippen molar-refractivity contribution in [1.29, 1.82) is 0 Å². The second kappa shape index (κ2) is 3.07. The number of hydrogen-bond donors (Lipinski definition) is 1. The van der Waals surface area contributed by atoms with E-state index in [2.05, 4.69) is 25.9 Å². The molecule has 78 valence electrons. The van der Waals surface area contributed by atoms with Crippen LogP contribution in [0.3, 0.4) is 0 Å². The minimum Gasteiger partial charge on any atom is -0.370 e. The summed E-state index contributed by atoms with van der Waals surface area (Å²) in [5, 5.41) is 4.54. The van der Waals surface area contributed by atoms with Crippen LogP contribution in [-0.4, -0.2) is 9.78 Å². The van der Waals surface area contributed by atoms with Crippen molar-refractivity contribution in [3.63, 3.8) is 0 Å². The highest BCUT2D eigenvalue weighted by molar-refractivity contribution is 5.28. The molecule has 0 radical (unpaired) electrons. The van der Waals surface area contributed by atoms with Crippen LogP contribution >= 0.6 is 0 Å². The summed E-state index contributed by atoms with van der Waals surface area (Å²) >= 11 is 0. The van der Waals surface area contributed by atoms with E-state index in [0.29, 0.717) is 19.8 Å². The van der Waals surface area contributed by atoms with Crippen LogP contribution in [0, 0.1) is 0 Å².